The van der Waals surface area contributed by atoms with Gasteiger partial charge in [-0.2, -0.15) is 4.98 Å². The molecule has 0 unspecified atom stereocenters. The van der Waals surface area contributed by atoms with Crippen LogP contribution in [0.1, 0.15) is 17.1 Å². The zero-order chi connectivity index (χ0) is 18.8. The van der Waals surface area contributed by atoms with Crippen LogP contribution >= 0.6 is 0 Å². The fourth-order valence-electron chi connectivity index (χ4n) is 2.74. The van der Waals surface area contributed by atoms with E-state index in [4.69, 9.17) is 9.26 Å². The maximum Gasteiger partial charge on any atom is 0.231 e. The predicted octanol–water partition coefficient (Wildman–Crippen LogP) is 3.36. The Kier molecular flexibility index (Phi) is 4.37. The number of rotatable bonds is 5. The van der Waals surface area contributed by atoms with Gasteiger partial charge < -0.3 is 9.26 Å². The highest BCUT2D eigenvalue weighted by Crippen LogP contribution is 2.22. The molecule has 136 valence electrons. The maximum absolute atomic E-state index is 13.1. The van der Waals surface area contributed by atoms with Crippen LogP contribution in [0.15, 0.2) is 53.1 Å². The minimum Gasteiger partial charge on any atom is -0.497 e. The summed E-state index contributed by atoms with van der Waals surface area (Å²) in [6, 6.07) is 13.7. The van der Waals surface area contributed by atoms with Gasteiger partial charge in [0.05, 0.1) is 24.9 Å². The minimum atomic E-state index is -0.308. The van der Waals surface area contributed by atoms with Gasteiger partial charge in [-0.1, -0.05) is 22.5 Å². The number of benzene rings is 2. The van der Waals surface area contributed by atoms with Gasteiger partial charge in [0.25, 0.3) is 0 Å². The third-order valence-electron chi connectivity index (χ3n) is 4.14. The van der Waals surface area contributed by atoms with Gasteiger partial charge >= 0.3 is 0 Å². The first-order chi connectivity index (χ1) is 13.1. The van der Waals surface area contributed by atoms with Crippen LogP contribution in [0.3, 0.4) is 0 Å². The zero-order valence-electron chi connectivity index (χ0n) is 14.8. The molecule has 0 spiro atoms. The molecule has 0 saturated carbocycles. The van der Waals surface area contributed by atoms with Crippen molar-refractivity contribution in [2.75, 3.05) is 7.11 Å². The number of halogens is 1. The quantitative estimate of drug-likeness (QED) is 0.540. The van der Waals surface area contributed by atoms with E-state index in [0.717, 1.165) is 17.0 Å². The minimum absolute atomic E-state index is 0.308. The van der Waals surface area contributed by atoms with Crippen molar-refractivity contribution in [1.82, 2.24) is 25.1 Å². The molecule has 0 saturated heterocycles. The topological polar surface area (TPSA) is 78.9 Å². The Morgan fingerprint density at radius 2 is 1.96 bits per heavy atom. The first kappa shape index (κ1) is 16.9. The number of hydrogen-bond donors (Lipinski definition) is 0. The molecule has 7 nitrogen and oxygen atoms in total. The molecule has 0 aliphatic heterocycles. The fraction of sp³-hybridized carbons (Fsp3) is 0.158. The average molecular weight is 365 g/mol. The SMILES string of the molecule is COc1cccc(Cc2nc(-c3nnn(-c4ccc(F)cc4)c3C)no2)c1. The van der Waals surface area contributed by atoms with Crippen LogP contribution in [-0.4, -0.2) is 32.2 Å². The average Bonchev–Trinajstić information content (AvgIpc) is 3.29. The molecule has 0 radical (unpaired) electrons. The molecule has 27 heavy (non-hydrogen) atoms. The lowest BCUT2D eigenvalue weighted by molar-refractivity contribution is 0.385. The van der Waals surface area contributed by atoms with Crippen LogP contribution in [0.4, 0.5) is 4.39 Å². The van der Waals surface area contributed by atoms with Gasteiger partial charge in [0.1, 0.15) is 11.6 Å². The summed E-state index contributed by atoms with van der Waals surface area (Å²) in [5, 5.41) is 12.3. The number of methoxy groups -OCH3 is 1. The molecule has 8 heteroatoms. The summed E-state index contributed by atoms with van der Waals surface area (Å²) in [4.78, 5) is 4.42. The summed E-state index contributed by atoms with van der Waals surface area (Å²) >= 11 is 0. The van der Waals surface area contributed by atoms with Gasteiger partial charge in [0, 0.05) is 0 Å². The Hall–Kier alpha value is -3.55. The molecule has 0 aliphatic rings. The summed E-state index contributed by atoms with van der Waals surface area (Å²) in [5.41, 5.74) is 2.94. The zero-order valence-corrected chi connectivity index (χ0v) is 14.8. The highest BCUT2D eigenvalue weighted by molar-refractivity contribution is 5.52. The van der Waals surface area contributed by atoms with E-state index in [1.54, 1.807) is 23.9 Å². The summed E-state index contributed by atoms with van der Waals surface area (Å²) in [7, 11) is 1.62. The highest BCUT2D eigenvalue weighted by Gasteiger charge is 2.18. The summed E-state index contributed by atoms with van der Waals surface area (Å²) in [6.07, 6.45) is 0.481. The van der Waals surface area contributed by atoms with Crippen LogP contribution in [0.5, 0.6) is 5.75 Å². The summed E-state index contributed by atoms with van der Waals surface area (Å²) < 4.78 is 25.3. The maximum atomic E-state index is 13.1. The molecule has 2 heterocycles. The van der Waals surface area contributed by atoms with Crippen molar-refractivity contribution in [1.29, 1.82) is 0 Å². The van der Waals surface area contributed by atoms with E-state index in [-0.39, 0.29) is 5.82 Å². The molecule has 0 amide bonds. The van der Waals surface area contributed by atoms with Crippen LogP contribution in [0, 0.1) is 12.7 Å². The lowest BCUT2D eigenvalue weighted by Gasteiger charge is -2.02. The molecule has 4 rings (SSSR count). The Bertz CT molecular complexity index is 1070. The molecule has 2 aromatic heterocycles. The normalized spacial score (nSPS) is 10.9. The molecule has 0 fully saturated rings. The van der Waals surface area contributed by atoms with Crippen LogP contribution in [0.25, 0.3) is 17.2 Å². The van der Waals surface area contributed by atoms with Gasteiger partial charge in [0.15, 0.2) is 5.69 Å². The van der Waals surface area contributed by atoms with Crippen LogP contribution in [-0.2, 0) is 6.42 Å². The summed E-state index contributed by atoms with van der Waals surface area (Å²) in [5.74, 6) is 1.29. The second-order valence-corrected chi connectivity index (χ2v) is 5.95. The second kappa shape index (κ2) is 6.99. The standard InChI is InChI=1S/C19H16FN5O2/c1-12-18(22-24-25(12)15-8-6-14(20)7-9-15)19-21-17(27-23-19)11-13-4-3-5-16(10-13)26-2/h3-10H,11H2,1-2H3. The molecular formula is C19H16FN5O2. The smallest absolute Gasteiger partial charge is 0.231 e. The third kappa shape index (κ3) is 3.41. The van der Waals surface area contributed by atoms with Gasteiger partial charge in [0.2, 0.25) is 11.7 Å². The van der Waals surface area contributed by atoms with E-state index < -0.39 is 0 Å². The molecular weight excluding hydrogens is 349 g/mol. The Morgan fingerprint density at radius 1 is 1.15 bits per heavy atom. The molecule has 2 aromatic carbocycles. The number of nitrogens with zero attached hydrogens (tertiary/aromatic N) is 5. The first-order valence-electron chi connectivity index (χ1n) is 8.28. The van der Waals surface area contributed by atoms with E-state index in [1.165, 1.54) is 12.1 Å². The number of hydrogen-bond acceptors (Lipinski definition) is 6. The van der Waals surface area contributed by atoms with Gasteiger partial charge in [-0.3, -0.25) is 0 Å². The fourth-order valence-corrected chi connectivity index (χ4v) is 2.74. The van der Waals surface area contributed by atoms with Gasteiger partial charge in [-0.25, -0.2) is 9.07 Å². The van der Waals surface area contributed by atoms with Crippen molar-refractivity contribution in [3.8, 4) is 23.0 Å². The largest absolute Gasteiger partial charge is 0.497 e. The van der Waals surface area contributed by atoms with Crippen LogP contribution < -0.4 is 4.74 Å². The van der Waals surface area contributed by atoms with Crippen molar-refractivity contribution < 1.29 is 13.7 Å². The Balaban J connectivity index is 1.59. The van der Waals surface area contributed by atoms with Crippen molar-refractivity contribution in [2.45, 2.75) is 13.3 Å². The number of aromatic nitrogens is 5. The molecule has 0 N–H and O–H groups in total. The van der Waals surface area contributed by atoms with E-state index in [1.807, 2.05) is 31.2 Å². The monoisotopic (exact) mass is 365 g/mol. The lowest BCUT2D eigenvalue weighted by atomic mass is 10.1. The second-order valence-electron chi connectivity index (χ2n) is 5.95. The van der Waals surface area contributed by atoms with Crippen molar-refractivity contribution >= 4 is 0 Å². The Labute approximate surface area is 154 Å². The van der Waals surface area contributed by atoms with E-state index in [2.05, 4.69) is 20.5 Å². The molecule has 4 aromatic rings. The van der Waals surface area contributed by atoms with Crippen molar-refractivity contribution in [2.24, 2.45) is 0 Å². The molecule has 0 aliphatic carbocycles. The van der Waals surface area contributed by atoms with Crippen LogP contribution in [0.2, 0.25) is 0 Å². The van der Waals surface area contributed by atoms with Crippen molar-refractivity contribution in [3.63, 3.8) is 0 Å². The van der Waals surface area contributed by atoms with Crippen molar-refractivity contribution in [3.05, 3.63) is 71.5 Å². The van der Waals surface area contributed by atoms with Gasteiger partial charge in [-0.05, 0) is 48.9 Å². The third-order valence-corrected chi connectivity index (χ3v) is 4.14. The predicted molar refractivity (Wildman–Crippen MR) is 95.1 cm³/mol. The molecule has 0 atom stereocenters. The van der Waals surface area contributed by atoms with E-state index >= 15 is 0 Å². The summed E-state index contributed by atoms with van der Waals surface area (Å²) in [6.45, 7) is 1.84. The molecule has 0 bridgehead atoms. The first-order valence-corrected chi connectivity index (χ1v) is 8.28. The van der Waals surface area contributed by atoms with E-state index in [0.29, 0.717) is 29.5 Å². The van der Waals surface area contributed by atoms with E-state index in [9.17, 15) is 4.39 Å². The lowest BCUT2D eigenvalue weighted by Crippen LogP contribution is -1.99. The van der Waals surface area contributed by atoms with Gasteiger partial charge in [-0.15, -0.1) is 5.10 Å². The highest BCUT2D eigenvalue weighted by atomic mass is 19.1. The number of ether oxygens (including phenoxy) is 1. The Morgan fingerprint density at radius 3 is 2.74 bits per heavy atom.